The monoisotopic (exact) mass is 282 g/mol. The molecule has 0 aromatic carbocycles. The van der Waals surface area contributed by atoms with Crippen LogP contribution in [0.1, 0.15) is 34.7 Å². The van der Waals surface area contributed by atoms with E-state index in [4.69, 9.17) is 9.26 Å². The Morgan fingerprint density at radius 1 is 1.58 bits per heavy atom. The third-order valence-electron chi connectivity index (χ3n) is 2.23. The first-order valence-corrected chi connectivity index (χ1v) is 6.66. The van der Waals surface area contributed by atoms with Crippen molar-refractivity contribution in [3.05, 3.63) is 22.8 Å². The zero-order valence-electron chi connectivity index (χ0n) is 10.7. The first kappa shape index (κ1) is 13.5. The summed E-state index contributed by atoms with van der Waals surface area (Å²) in [5.74, 6) is 0.480. The number of anilines is 1. The highest BCUT2D eigenvalue weighted by Crippen LogP contribution is 2.18. The zero-order chi connectivity index (χ0) is 13.7. The van der Waals surface area contributed by atoms with Crippen molar-refractivity contribution in [2.75, 3.05) is 12.4 Å². The van der Waals surface area contributed by atoms with Crippen molar-refractivity contribution in [2.24, 2.45) is 0 Å². The molecule has 0 aliphatic carbocycles. The Kier molecular flexibility index (Phi) is 4.45. The first-order valence-electron chi connectivity index (χ1n) is 5.85. The van der Waals surface area contributed by atoms with Crippen molar-refractivity contribution in [2.45, 2.75) is 26.4 Å². The molecule has 0 aliphatic heterocycles. The van der Waals surface area contributed by atoms with Gasteiger partial charge >= 0.3 is 5.97 Å². The van der Waals surface area contributed by atoms with Crippen LogP contribution < -0.4 is 5.32 Å². The molecule has 0 atom stereocenters. The number of hydrogen-bond acceptors (Lipinski definition) is 8. The van der Waals surface area contributed by atoms with E-state index < -0.39 is 5.97 Å². The maximum absolute atomic E-state index is 11.7. The van der Waals surface area contributed by atoms with Gasteiger partial charge in [-0.15, -0.1) is 0 Å². The fourth-order valence-corrected chi connectivity index (χ4v) is 2.02. The molecular weight excluding hydrogens is 268 g/mol. The van der Waals surface area contributed by atoms with Gasteiger partial charge in [-0.3, -0.25) is 0 Å². The molecule has 1 N–H and O–H groups in total. The number of ether oxygens (including phenoxy) is 1. The lowest BCUT2D eigenvalue weighted by Crippen LogP contribution is -2.03. The average Bonchev–Trinajstić information content (AvgIpc) is 3.05. The van der Waals surface area contributed by atoms with Crippen LogP contribution in [0, 0.1) is 0 Å². The molecule has 0 unspecified atom stereocenters. The van der Waals surface area contributed by atoms with Crippen molar-refractivity contribution >= 4 is 22.4 Å². The molecule has 0 spiro atoms. The molecule has 0 amide bonds. The Hall–Kier alpha value is -1.96. The van der Waals surface area contributed by atoms with Crippen LogP contribution in [0.15, 0.2) is 10.7 Å². The second-order valence-electron chi connectivity index (χ2n) is 3.71. The summed E-state index contributed by atoms with van der Waals surface area (Å²) in [7, 11) is 1.74. The van der Waals surface area contributed by atoms with E-state index in [0.717, 1.165) is 12.8 Å². The molecule has 0 bridgehead atoms. The van der Waals surface area contributed by atoms with E-state index in [2.05, 4.69) is 20.4 Å². The Morgan fingerprint density at radius 2 is 2.42 bits per heavy atom. The minimum atomic E-state index is -0.450. The van der Waals surface area contributed by atoms with Crippen LogP contribution in [0.25, 0.3) is 0 Å². The largest absolute Gasteiger partial charge is 0.451 e. The summed E-state index contributed by atoms with van der Waals surface area (Å²) < 4.78 is 10.0. The van der Waals surface area contributed by atoms with E-state index in [1.165, 1.54) is 17.5 Å². The van der Waals surface area contributed by atoms with E-state index in [0.29, 0.717) is 21.7 Å². The molecule has 0 saturated heterocycles. The van der Waals surface area contributed by atoms with Crippen LogP contribution in [0.3, 0.4) is 0 Å². The topological polar surface area (TPSA) is 90.1 Å². The second-order valence-corrected chi connectivity index (χ2v) is 4.74. The van der Waals surface area contributed by atoms with Crippen molar-refractivity contribution in [1.82, 2.24) is 15.1 Å². The summed E-state index contributed by atoms with van der Waals surface area (Å²) in [5, 5.41) is 7.29. The second kappa shape index (κ2) is 6.28. The van der Waals surface area contributed by atoms with Gasteiger partial charge in [0.15, 0.2) is 17.6 Å². The normalized spacial score (nSPS) is 10.4. The van der Waals surface area contributed by atoms with Gasteiger partial charge in [-0.1, -0.05) is 23.4 Å². The SMILES string of the molecule is CCCc1noc(COC(=O)c2cnc(NC)s2)n1. The summed E-state index contributed by atoms with van der Waals surface area (Å²) in [6.45, 7) is 2.00. The third kappa shape index (κ3) is 3.50. The van der Waals surface area contributed by atoms with Gasteiger partial charge in [0.2, 0.25) is 0 Å². The minimum Gasteiger partial charge on any atom is -0.451 e. The van der Waals surface area contributed by atoms with Gasteiger partial charge in [0.1, 0.15) is 4.88 Å². The number of nitrogens with one attached hydrogen (secondary N) is 1. The number of thiazole rings is 1. The maximum atomic E-state index is 11.7. The lowest BCUT2D eigenvalue weighted by Gasteiger charge is -1.97. The zero-order valence-corrected chi connectivity index (χ0v) is 11.5. The number of aryl methyl sites for hydroxylation is 1. The van der Waals surface area contributed by atoms with Crippen molar-refractivity contribution < 1.29 is 14.1 Å². The van der Waals surface area contributed by atoms with Gasteiger partial charge in [-0.05, 0) is 6.42 Å². The van der Waals surface area contributed by atoms with Crippen LogP contribution in [-0.2, 0) is 17.8 Å². The van der Waals surface area contributed by atoms with Gasteiger partial charge < -0.3 is 14.6 Å². The number of rotatable bonds is 6. The van der Waals surface area contributed by atoms with E-state index >= 15 is 0 Å². The minimum absolute atomic E-state index is 0.0255. The standard InChI is InChI=1S/C11H14N4O3S/c1-3-4-8-14-9(18-15-8)6-17-10(16)7-5-13-11(12-2)19-7/h5H,3-4,6H2,1-2H3,(H,12,13). The molecule has 0 aliphatic rings. The number of hydrogen-bond donors (Lipinski definition) is 1. The predicted molar refractivity (Wildman–Crippen MR) is 69.1 cm³/mol. The van der Waals surface area contributed by atoms with Crippen molar-refractivity contribution in [1.29, 1.82) is 0 Å². The highest BCUT2D eigenvalue weighted by molar-refractivity contribution is 7.17. The molecule has 2 rings (SSSR count). The van der Waals surface area contributed by atoms with E-state index in [-0.39, 0.29) is 6.61 Å². The Morgan fingerprint density at radius 3 is 3.11 bits per heavy atom. The summed E-state index contributed by atoms with van der Waals surface area (Å²) in [6, 6.07) is 0. The van der Waals surface area contributed by atoms with E-state index in [1.807, 2.05) is 6.92 Å². The summed E-state index contributed by atoms with van der Waals surface area (Å²) in [5.41, 5.74) is 0. The third-order valence-corrected chi connectivity index (χ3v) is 3.23. The first-order chi connectivity index (χ1) is 9.22. The fourth-order valence-electron chi connectivity index (χ4n) is 1.36. The van der Waals surface area contributed by atoms with Crippen molar-refractivity contribution in [3.63, 3.8) is 0 Å². The highest BCUT2D eigenvalue weighted by Gasteiger charge is 2.14. The maximum Gasteiger partial charge on any atom is 0.350 e. The molecule has 0 fully saturated rings. The van der Waals surface area contributed by atoms with Crippen LogP contribution in [0.4, 0.5) is 5.13 Å². The summed E-state index contributed by atoms with van der Waals surface area (Å²) >= 11 is 1.23. The molecule has 0 saturated carbocycles. The van der Waals surface area contributed by atoms with Gasteiger partial charge in [0, 0.05) is 13.5 Å². The number of nitrogens with zero attached hydrogens (tertiary/aromatic N) is 3. The van der Waals surface area contributed by atoms with E-state index in [1.54, 1.807) is 7.05 Å². The lowest BCUT2D eigenvalue weighted by molar-refractivity contribution is 0.0435. The Balaban J connectivity index is 1.88. The molecule has 19 heavy (non-hydrogen) atoms. The van der Waals surface area contributed by atoms with Crippen molar-refractivity contribution in [3.8, 4) is 0 Å². The quantitative estimate of drug-likeness (QED) is 0.809. The molecule has 2 aromatic heterocycles. The molecular formula is C11H14N4O3S. The van der Waals surface area contributed by atoms with Gasteiger partial charge in [0.05, 0.1) is 6.20 Å². The predicted octanol–water partition coefficient (Wildman–Crippen LogP) is 1.88. The fraction of sp³-hybridized carbons (Fsp3) is 0.455. The Bertz CT molecular complexity index is 552. The van der Waals surface area contributed by atoms with Crippen LogP contribution in [-0.4, -0.2) is 28.1 Å². The number of carbonyl (C=O) groups is 1. The summed E-state index contributed by atoms with van der Waals surface area (Å²) in [4.78, 5) is 20.2. The molecule has 0 radical (unpaired) electrons. The van der Waals surface area contributed by atoms with Gasteiger partial charge in [-0.25, -0.2) is 9.78 Å². The Labute approximate surface area is 114 Å². The molecule has 102 valence electrons. The average molecular weight is 282 g/mol. The van der Waals surface area contributed by atoms with E-state index in [9.17, 15) is 4.79 Å². The van der Waals surface area contributed by atoms with Gasteiger partial charge in [-0.2, -0.15) is 4.98 Å². The molecule has 2 heterocycles. The molecule has 2 aromatic rings. The van der Waals surface area contributed by atoms with Crippen LogP contribution >= 0.6 is 11.3 Å². The number of carbonyl (C=O) groups excluding carboxylic acids is 1. The molecule has 7 nitrogen and oxygen atoms in total. The lowest BCUT2D eigenvalue weighted by atomic mass is 10.3. The smallest absolute Gasteiger partial charge is 0.350 e. The summed E-state index contributed by atoms with van der Waals surface area (Å²) in [6.07, 6.45) is 3.15. The highest BCUT2D eigenvalue weighted by atomic mass is 32.1. The number of esters is 1. The van der Waals surface area contributed by atoms with Crippen LogP contribution in [0.5, 0.6) is 0 Å². The molecule has 8 heteroatoms. The van der Waals surface area contributed by atoms with Gasteiger partial charge in [0.25, 0.3) is 5.89 Å². The number of aromatic nitrogens is 3. The van der Waals surface area contributed by atoms with Crippen LogP contribution in [0.2, 0.25) is 0 Å².